The lowest BCUT2D eigenvalue weighted by Gasteiger charge is -2.10. The maximum absolute atomic E-state index is 12.2. The van der Waals surface area contributed by atoms with E-state index in [0.717, 1.165) is 22.4 Å². The van der Waals surface area contributed by atoms with E-state index in [-0.39, 0.29) is 5.91 Å². The molecule has 0 bridgehead atoms. The topological polar surface area (TPSA) is 49.3 Å². The van der Waals surface area contributed by atoms with Gasteiger partial charge in [0.25, 0.3) is 5.91 Å². The van der Waals surface area contributed by atoms with Gasteiger partial charge >= 0.3 is 0 Å². The van der Waals surface area contributed by atoms with Crippen LogP contribution in [-0.4, -0.2) is 11.0 Å². The Balaban J connectivity index is 2.17. The monoisotopic (exact) mass is 269 g/mol. The number of amides is 1. The van der Waals surface area contributed by atoms with Gasteiger partial charge in [0.1, 0.15) is 0 Å². The van der Waals surface area contributed by atoms with E-state index >= 15 is 0 Å². The second-order valence-electron chi connectivity index (χ2n) is 5.00. The predicted octanol–water partition coefficient (Wildman–Crippen LogP) is 3.61. The number of nitrogens with one attached hydrogen (secondary N) is 1. The van der Waals surface area contributed by atoms with E-state index in [1.54, 1.807) is 19.1 Å². The molecule has 2 aromatic carbocycles. The van der Waals surface area contributed by atoms with Crippen molar-refractivity contribution in [3.05, 3.63) is 64.7 Å². The highest BCUT2D eigenvalue weighted by molar-refractivity contribution is 6.05. The van der Waals surface area contributed by atoms with Gasteiger partial charge in [-0.25, -0.2) is 0 Å². The smallest absolute Gasteiger partial charge is 0.255 e. The van der Waals surface area contributed by atoms with Crippen molar-refractivity contribution < 1.29 is 9.90 Å². The minimum absolute atomic E-state index is 0.115. The summed E-state index contributed by atoms with van der Waals surface area (Å²) in [5, 5.41) is 12.3. The van der Waals surface area contributed by atoms with Crippen LogP contribution in [0.1, 0.15) is 40.1 Å². The van der Waals surface area contributed by atoms with Crippen molar-refractivity contribution in [2.45, 2.75) is 26.9 Å². The van der Waals surface area contributed by atoms with E-state index in [0.29, 0.717) is 5.56 Å². The molecule has 1 atom stereocenters. The standard InChI is InChI=1S/C17H19NO2/c1-11-5-4-6-16(12(11)2)17(20)18-15-9-7-14(8-10-15)13(3)19/h4-10,13,19H,1-3H3,(H,18,20). The van der Waals surface area contributed by atoms with Gasteiger partial charge in [-0.15, -0.1) is 0 Å². The highest BCUT2D eigenvalue weighted by atomic mass is 16.3. The van der Waals surface area contributed by atoms with Crippen LogP contribution in [-0.2, 0) is 0 Å². The lowest BCUT2D eigenvalue weighted by molar-refractivity contribution is 0.102. The maximum atomic E-state index is 12.2. The second kappa shape index (κ2) is 5.88. The molecule has 0 spiro atoms. The number of carbonyl (C=O) groups excluding carboxylic acids is 1. The number of aliphatic hydroxyl groups excluding tert-OH is 1. The van der Waals surface area contributed by atoms with E-state index in [2.05, 4.69) is 5.32 Å². The summed E-state index contributed by atoms with van der Waals surface area (Å²) in [7, 11) is 0. The van der Waals surface area contributed by atoms with Crippen molar-refractivity contribution in [2.24, 2.45) is 0 Å². The fourth-order valence-electron chi connectivity index (χ4n) is 2.04. The molecule has 104 valence electrons. The van der Waals surface area contributed by atoms with Crippen LogP contribution in [0, 0.1) is 13.8 Å². The van der Waals surface area contributed by atoms with E-state index in [1.165, 1.54) is 0 Å². The highest BCUT2D eigenvalue weighted by Gasteiger charge is 2.10. The van der Waals surface area contributed by atoms with Crippen molar-refractivity contribution in [1.82, 2.24) is 0 Å². The quantitative estimate of drug-likeness (QED) is 0.894. The average Bonchev–Trinajstić information content (AvgIpc) is 2.42. The summed E-state index contributed by atoms with van der Waals surface area (Å²) in [5.41, 5.74) is 4.33. The Bertz CT molecular complexity index is 615. The zero-order chi connectivity index (χ0) is 14.7. The van der Waals surface area contributed by atoms with Gasteiger partial charge in [0.05, 0.1) is 6.10 Å². The predicted molar refractivity (Wildman–Crippen MR) is 80.9 cm³/mol. The Labute approximate surface area is 119 Å². The van der Waals surface area contributed by atoms with Gasteiger partial charge in [-0.1, -0.05) is 24.3 Å². The molecule has 0 fully saturated rings. The van der Waals surface area contributed by atoms with Gasteiger partial charge in [0, 0.05) is 11.3 Å². The maximum Gasteiger partial charge on any atom is 0.255 e. The van der Waals surface area contributed by atoms with Crippen LogP contribution < -0.4 is 5.32 Å². The number of aryl methyl sites for hydroxylation is 1. The van der Waals surface area contributed by atoms with Crippen molar-refractivity contribution in [3.63, 3.8) is 0 Å². The third kappa shape index (κ3) is 3.06. The van der Waals surface area contributed by atoms with Crippen molar-refractivity contribution in [3.8, 4) is 0 Å². The SMILES string of the molecule is Cc1cccc(C(=O)Nc2ccc(C(C)O)cc2)c1C. The molecule has 2 aromatic rings. The molecule has 0 radical (unpaired) electrons. The lowest BCUT2D eigenvalue weighted by atomic mass is 10.0. The molecule has 1 unspecified atom stereocenters. The minimum Gasteiger partial charge on any atom is -0.389 e. The fourth-order valence-corrected chi connectivity index (χ4v) is 2.04. The van der Waals surface area contributed by atoms with E-state index < -0.39 is 6.10 Å². The summed E-state index contributed by atoms with van der Waals surface area (Å²) in [6.45, 7) is 5.65. The second-order valence-corrected chi connectivity index (χ2v) is 5.00. The first-order valence-corrected chi connectivity index (χ1v) is 6.64. The van der Waals surface area contributed by atoms with Crippen LogP contribution in [0.5, 0.6) is 0 Å². The number of benzene rings is 2. The van der Waals surface area contributed by atoms with Crippen LogP contribution in [0.2, 0.25) is 0 Å². The van der Waals surface area contributed by atoms with Gasteiger partial charge < -0.3 is 10.4 Å². The summed E-state index contributed by atoms with van der Waals surface area (Å²) in [5.74, 6) is -0.115. The molecule has 0 saturated heterocycles. The Hall–Kier alpha value is -2.13. The molecule has 1 amide bonds. The third-order valence-corrected chi connectivity index (χ3v) is 3.50. The molecule has 0 aliphatic heterocycles. The van der Waals surface area contributed by atoms with Gasteiger partial charge in [0.15, 0.2) is 0 Å². The zero-order valence-electron chi connectivity index (χ0n) is 12.0. The Morgan fingerprint density at radius 1 is 1.10 bits per heavy atom. The Kier molecular flexibility index (Phi) is 4.20. The van der Waals surface area contributed by atoms with Gasteiger partial charge in [0.2, 0.25) is 0 Å². The molecule has 3 heteroatoms. The fraction of sp³-hybridized carbons (Fsp3) is 0.235. The minimum atomic E-state index is -0.501. The summed E-state index contributed by atoms with van der Waals surface area (Å²) in [6, 6.07) is 12.9. The van der Waals surface area contributed by atoms with Crippen molar-refractivity contribution in [2.75, 3.05) is 5.32 Å². The number of rotatable bonds is 3. The molecular weight excluding hydrogens is 250 g/mol. The first kappa shape index (κ1) is 14.3. The van der Waals surface area contributed by atoms with E-state index in [4.69, 9.17) is 0 Å². The Morgan fingerprint density at radius 2 is 1.75 bits per heavy atom. The lowest BCUT2D eigenvalue weighted by Crippen LogP contribution is -2.13. The summed E-state index contributed by atoms with van der Waals surface area (Å²) >= 11 is 0. The molecule has 2 N–H and O–H groups in total. The number of hydrogen-bond acceptors (Lipinski definition) is 2. The third-order valence-electron chi connectivity index (χ3n) is 3.50. The number of anilines is 1. The number of aliphatic hydroxyl groups is 1. The van der Waals surface area contributed by atoms with E-state index in [1.807, 2.05) is 44.2 Å². The van der Waals surface area contributed by atoms with Crippen LogP contribution >= 0.6 is 0 Å². The molecule has 20 heavy (non-hydrogen) atoms. The molecule has 0 aliphatic rings. The average molecular weight is 269 g/mol. The highest BCUT2D eigenvalue weighted by Crippen LogP contribution is 2.18. The molecule has 0 saturated carbocycles. The summed E-state index contributed by atoms with van der Waals surface area (Å²) < 4.78 is 0. The van der Waals surface area contributed by atoms with Crippen molar-refractivity contribution in [1.29, 1.82) is 0 Å². The number of hydrogen-bond donors (Lipinski definition) is 2. The molecule has 0 aliphatic carbocycles. The van der Waals surface area contributed by atoms with Crippen LogP contribution in [0.3, 0.4) is 0 Å². The summed E-state index contributed by atoms with van der Waals surface area (Å²) in [6.07, 6.45) is -0.501. The first-order valence-electron chi connectivity index (χ1n) is 6.64. The molecule has 0 aromatic heterocycles. The molecular formula is C17H19NO2. The van der Waals surface area contributed by atoms with Crippen molar-refractivity contribution >= 4 is 11.6 Å². The first-order chi connectivity index (χ1) is 9.49. The molecule has 2 rings (SSSR count). The molecule has 0 heterocycles. The normalized spacial score (nSPS) is 12.0. The van der Waals surface area contributed by atoms with Crippen LogP contribution in [0.4, 0.5) is 5.69 Å². The number of carbonyl (C=O) groups is 1. The largest absolute Gasteiger partial charge is 0.389 e. The van der Waals surface area contributed by atoms with Crippen LogP contribution in [0.15, 0.2) is 42.5 Å². The Morgan fingerprint density at radius 3 is 2.35 bits per heavy atom. The van der Waals surface area contributed by atoms with Gasteiger partial charge in [-0.3, -0.25) is 4.79 Å². The summed E-state index contributed by atoms with van der Waals surface area (Å²) in [4.78, 5) is 12.2. The van der Waals surface area contributed by atoms with E-state index in [9.17, 15) is 9.90 Å². The van der Waals surface area contributed by atoms with Crippen LogP contribution in [0.25, 0.3) is 0 Å². The zero-order valence-corrected chi connectivity index (χ0v) is 12.0. The molecule has 3 nitrogen and oxygen atoms in total. The van der Waals surface area contributed by atoms with Gasteiger partial charge in [-0.2, -0.15) is 0 Å². The van der Waals surface area contributed by atoms with Gasteiger partial charge in [-0.05, 0) is 55.7 Å².